The van der Waals surface area contributed by atoms with Gasteiger partial charge >= 0.3 is 0 Å². The fraction of sp³-hybridized carbons (Fsp3) is 0.400. The van der Waals surface area contributed by atoms with Crippen molar-refractivity contribution in [2.45, 2.75) is 44.8 Å². The second kappa shape index (κ2) is 6.84. The average Bonchev–Trinajstić information content (AvgIpc) is 3.12. The van der Waals surface area contributed by atoms with Crippen molar-refractivity contribution in [3.05, 3.63) is 64.6 Å². The maximum absolute atomic E-state index is 12.0. The Morgan fingerprint density at radius 1 is 1.20 bits per heavy atom. The predicted octanol–water partition coefficient (Wildman–Crippen LogP) is 3.39. The van der Waals surface area contributed by atoms with Crippen LogP contribution in [0.2, 0.25) is 0 Å². The van der Waals surface area contributed by atoms with Crippen molar-refractivity contribution in [1.82, 2.24) is 14.5 Å². The third kappa shape index (κ3) is 3.12. The molecule has 0 amide bonds. The third-order valence-electron chi connectivity index (χ3n) is 5.34. The second-order valence-electron chi connectivity index (χ2n) is 6.94. The van der Waals surface area contributed by atoms with Crippen LogP contribution in [0, 0.1) is 5.92 Å². The molecule has 4 rings (SSSR count). The number of hydrogen-bond donors (Lipinski definition) is 2. The first-order valence-electron chi connectivity index (χ1n) is 9.02. The maximum Gasteiger partial charge on any atom is 0.255 e. The van der Waals surface area contributed by atoms with Gasteiger partial charge in [0.2, 0.25) is 0 Å². The lowest BCUT2D eigenvalue weighted by molar-refractivity contribution is 0.0743. The summed E-state index contributed by atoms with van der Waals surface area (Å²) < 4.78 is 2.00. The number of nitrogens with one attached hydrogen (secondary N) is 1. The van der Waals surface area contributed by atoms with Gasteiger partial charge in [0.1, 0.15) is 11.9 Å². The Morgan fingerprint density at radius 2 is 1.96 bits per heavy atom. The molecule has 5 nitrogen and oxygen atoms in total. The average molecular weight is 337 g/mol. The summed E-state index contributed by atoms with van der Waals surface area (Å²) in [5, 5.41) is 12.4. The Labute approximate surface area is 146 Å². The second-order valence-corrected chi connectivity index (χ2v) is 6.94. The zero-order valence-corrected chi connectivity index (χ0v) is 14.2. The molecule has 1 unspecified atom stereocenters. The summed E-state index contributed by atoms with van der Waals surface area (Å²) >= 11 is 0. The van der Waals surface area contributed by atoms with Crippen LogP contribution >= 0.6 is 0 Å². The van der Waals surface area contributed by atoms with Gasteiger partial charge in [-0.2, -0.15) is 0 Å². The van der Waals surface area contributed by atoms with E-state index in [9.17, 15) is 9.90 Å². The van der Waals surface area contributed by atoms with E-state index in [2.05, 4.69) is 9.97 Å². The Bertz CT molecular complexity index is 922. The van der Waals surface area contributed by atoms with Crippen molar-refractivity contribution >= 4 is 10.8 Å². The molecule has 2 aromatic heterocycles. The zero-order chi connectivity index (χ0) is 17.2. The molecule has 1 atom stereocenters. The molecule has 1 saturated carbocycles. The molecule has 5 heteroatoms. The predicted molar refractivity (Wildman–Crippen MR) is 97.4 cm³/mol. The standard InChI is InChI=1S/C20H23N3O2/c24-18(14-6-2-1-3-7-14)19-21-10-11-23(19)13-15-12-22-20(25)17-9-5-4-8-16(15)17/h4-5,8-12,14,18,24H,1-3,6-7,13H2,(H,22,25). The van der Waals surface area contributed by atoms with E-state index in [4.69, 9.17) is 0 Å². The molecule has 1 aromatic carbocycles. The highest BCUT2D eigenvalue weighted by atomic mass is 16.3. The first-order valence-corrected chi connectivity index (χ1v) is 9.02. The molecular formula is C20H23N3O2. The van der Waals surface area contributed by atoms with Gasteiger partial charge in [0.25, 0.3) is 5.56 Å². The molecule has 130 valence electrons. The molecule has 2 N–H and O–H groups in total. The quantitative estimate of drug-likeness (QED) is 0.766. The molecule has 0 aliphatic heterocycles. The first kappa shape index (κ1) is 16.1. The summed E-state index contributed by atoms with van der Waals surface area (Å²) in [7, 11) is 0. The summed E-state index contributed by atoms with van der Waals surface area (Å²) in [5.74, 6) is 1.02. The SMILES string of the molecule is O=c1[nH]cc(Cn2ccnc2C(O)C2CCCCC2)c2ccccc12. The van der Waals surface area contributed by atoms with Crippen LogP contribution in [0.15, 0.2) is 47.7 Å². The Kier molecular flexibility index (Phi) is 4.40. The van der Waals surface area contributed by atoms with Gasteiger partial charge in [-0.15, -0.1) is 0 Å². The molecule has 0 spiro atoms. The number of benzene rings is 1. The summed E-state index contributed by atoms with van der Waals surface area (Å²) in [6, 6.07) is 7.62. The highest BCUT2D eigenvalue weighted by molar-refractivity contribution is 5.84. The molecule has 25 heavy (non-hydrogen) atoms. The molecule has 0 saturated heterocycles. The van der Waals surface area contributed by atoms with Crippen molar-refractivity contribution in [2.75, 3.05) is 0 Å². The summed E-state index contributed by atoms with van der Waals surface area (Å²) in [4.78, 5) is 19.2. The molecule has 3 aromatic rings. The van der Waals surface area contributed by atoms with Crippen LogP contribution in [0.4, 0.5) is 0 Å². The van der Waals surface area contributed by atoms with Crippen LogP contribution in [0.3, 0.4) is 0 Å². The van der Waals surface area contributed by atoms with Gasteiger partial charge in [0.05, 0.1) is 6.54 Å². The Morgan fingerprint density at radius 3 is 2.76 bits per heavy atom. The number of H-pyrrole nitrogens is 1. The van der Waals surface area contributed by atoms with Crippen LogP contribution < -0.4 is 5.56 Å². The summed E-state index contributed by atoms with van der Waals surface area (Å²) in [6.07, 6.45) is 10.7. The lowest BCUT2D eigenvalue weighted by Crippen LogP contribution is -2.20. The molecule has 1 fully saturated rings. The molecule has 0 radical (unpaired) electrons. The Hall–Kier alpha value is -2.40. The topological polar surface area (TPSA) is 70.9 Å². The minimum atomic E-state index is -0.524. The van der Waals surface area contributed by atoms with Gasteiger partial charge < -0.3 is 14.7 Å². The fourth-order valence-corrected chi connectivity index (χ4v) is 3.97. The highest BCUT2D eigenvalue weighted by Crippen LogP contribution is 2.34. The molecule has 1 aliphatic carbocycles. The van der Waals surface area contributed by atoms with Gasteiger partial charge in [0, 0.05) is 24.0 Å². The highest BCUT2D eigenvalue weighted by Gasteiger charge is 2.26. The van der Waals surface area contributed by atoms with E-state index in [0.29, 0.717) is 17.8 Å². The summed E-state index contributed by atoms with van der Waals surface area (Å²) in [6.45, 7) is 0.580. The molecule has 1 aliphatic rings. The van der Waals surface area contributed by atoms with Crippen LogP contribution in [-0.2, 0) is 6.54 Å². The van der Waals surface area contributed by atoms with Crippen molar-refractivity contribution in [3.8, 4) is 0 Å². The lowest BCUT2D eigenvalue weighted by atomic mass is 9.85. The normalized spacial score (nSPS) is 17.0. The number of aliphatic hydroxyl groups excluding tert-OH is 1. The van der Waals surface area contributed by atoms with E-state index >= 15 is 0 Å². The smallest absolute Gasteiger partial charge is 0.255 e. The van der Waals surface area contributed by atoms with Gasteiger partial charge in [-0.05, 0) is 35.8 Å². The minimum Gasteiger partial charge on any atom is -0.385 e. The Balaban J connectivity index is 1.66. The van der Waals surface area contributed by atoms with E-state index < -0.39 is 6.10 Å². The molecule has 0 bridgehead atoms. The fourth-order valence-electron chi connectivity index (χ4n) is 3.97. The van der Waals surface area contributed by atoms with E-state index in [-0.39, 0.29) is 5.56 Å². The van der Waals surface area contributed by atoms with Gasteiger partial charge in [-0.3, -0.25) is 4.79 Å². The van der Waals surface area contributed by atoms with E-state index in [1.54, 1.807) is 12.4 Å². The minimum absolute atomic E-state index is 0.0764. The number of aliphatic hydroxyl groups is 1. The van der Waals surface area contributed by atoms with Crippen molar-refractivity contribution in [1.29, 1.82) is 0 Å². The van der Waals surface area contributed by atoms with Crippen LogP contribution in [-0.4, -0.2) is 19.6 Å². The molecule has 2 heterocycles. The largest absolute Gasteiger partial charge is 0.385 e. The number of imidazole rings is 1. The van der Waals surface area contributed by atoms with E-state index in [0.717, 1.165) is 29.6 Å². The zero-order valence-electron chi connectivity index (χ0n) is 14.2. The number of fused-ring (bicyclic) bond motifs is 1. The van der Waals surface area contributed by atoms with Crippen LogP contribution in [0.25, 0.3) is 10.8 Å². The maximum atomic E-state index is 12.0. The van der Waals surface area contributed by atoms with Crippen molar-refractivity contribution in [3.63, 3.8) is 0 Å². The van der Waals surface area contributed by atoms with Crippen molar-refractivity contribution < 1.29 is 5.11 Å². The number of pyridine rings is 1. The third-order valence-corrected chi connectivity index (χ3v) is 5.34. The lowest BCUT2D eigenvalue weighted by Gasteiger charge is -2.26. The van der Waals surface area contributed by atoms with E-state index in [1.807, 2.05) is 35.0 Å². The van der Waals surface area contributed by atoms with E-state index in [1.165, 1.54) is 19.3 Å². The van der Waals surface area contributed by atoms with Gasteiger partial charge in [0.15, 0.2) is 0 Å². The monoisotopic (exact) mass is 337 g/mol. The number of aromatic amines is 1. The van der Waals surface area contributed by atoms with Gasteiger partial charge in [-0.1, -0.05) is 37.5 Å². The number of rotatable bonds is 4. The number of nitrogens with zero attached hydrogens (tertiary/aromatic N) is 2. The van der Waals surface area contributed by atoms with Crippen LogP contribution in [0.5, 0.6) is 0 Å². The van der Waals surface area contributed by atoms with Crippen LogP contribution in [0.1, 0.15) is 49.6 Å². The van der Waals surface area contributed by atoms with Crippen molar-refractivity contribution in [2.24, 2.45) is 5.92 Å². The first-order chi connectivity index (χ1) is 12.2. The molecular weight excluding hydrogens is 314 g/mol. The number of hydrogen-bond acceptors (Lipinski definition) is 3. The summed E-state index contributed by atoms with van der Waals surface area (Å²) in [5.41, 5.74) is 0.942. The van der Waals surface area contributed by atoms with Gasteiger partial charge in [-0.25, -0.2) is 4.98 Å². The number of aromatic nitrogens is 3.